The van der Waals surface area contributed by atoms with E-state index >= 15 is 0 Å². The van der Waals surface area contributed by atoms with Crippen LogP contribution in [0.25, 0.3) is 0 Å². The van der Waals surface area contributed by atoms with Crippen LogP contribution in [0, 0.1) is 11.6 Å². The van der Waals surface area contributed by atoms with Crippen molar-refractivity contribution in [3.8, 4) is 5.75 Å². The van der Waals surface area contributed by atoms with Gasteiger partial charge >= 0.3 is 0 Å². The molecule has 0 spiro atoms. The fourth-order valence-electron chi connectivity index (χ4n) is 1.69. The molecule has 22 heavy (non-hydrogen) atoms. The van der Waals surface area contributed by atoms with Gasteiger partial charge in [-0.2, -0.15) is 0 Å². The lowest BCUT2D eigenvalue weighted by atomic mass is 10.3. The summed E-state index contributed by atoms with van der Waals surface area (Å²) in [7, 11) is 0. The van der Waals surface area contributed by atoms with E-state index in [4.69, 9.17) is 4.74 Å². The third-order valence-electron chi connectivity index (χ3n) is 2.75. The first-order valence-electron chi connectivity index (χ1n) is 7.18. The molecule has 0 aliphatic heterocycles. The molecule has 0 aliphatic rings. The number of carbonyl (C=O) groups is 1. The Morgan fingerprint density at radius 1 is 1.23 bits per heavy atom. The van der Waals surface area contributed by atoms with Crippen LogP contribution in [0.4, 0.5) is 8.78 Å². The Balaban J connectivity index is 0.00000441. The highest BCUT2D eigenvalue weighted by molar-refractivity contribution is 5.85. The standard InChI is InChI=1S/C15H22F2N2O2.ClH/c1-2-7-18-8-9-19-15(20)4-3-10-21-14-6-5-12(16)11-13(14)17;/h5-6,11,18H,2-4,7-10H2,1H3,(H,19,20);1H. The Labute approximate surface area is 136 Å². The molecule has 0 heterocycles. The molecule has 0 saturated heterocycles. The van der Waals surface area contributed by atoms with Gasteiger partial charge in [0.05, 0.1) is 6.61 Å². The van der Waals surface area contributed by atoms with Gasteiger partial charge in [0.2, 0.25) is 5.91 Å². The van der Waals surface area contributed by atoms with Crippen LogP contribution in [0.1, 0.15) is 26.2 Å². The normalized spacial score (nSPS) is 9.95. The molecule has 0 aliphatic carbocycles. The SMILES string of the molecule is CCCNCCNC(=O)CCCOc1ccc(F)cc1F.Cl. The molecule has 1 amide bonds. The van der Waals surface area contributed by atoms with Crippen molar-refractivity contribution < 1.29 is 18.3 Å². The molecular weight excluding hydrogens is 314 g/mol. The minimum absolute atomic E-state index is 0. The van der Waals surface area contributed by atoms with Gasteiger partial charge < -0.3 is 15.4 Å². The van der Waals surface area contributed by atoms with Gasteiger partial charge in [0.15, 0.2) is 11.6 Å². The van der Waals surface area contributed by atoms with Crippen molar-refractivity contribution in [2.24, 2.45) is 0 Å². The van der Waals surface area contributed by atoms with Gasteiger partial charge in [-0.05, 0) is 31.5 Å². The van der Waals surface area contributed by atoms with E-state index in [1.807, 2.05) is 0 Å². The van der Waals surface area contributed by atoms with Crippen LogP contribution in [0.15, 0.2) is 18.2 Å². The van der Waals surface area contributed by atoms with E-state index in [-0.39, 0.29) is 30.7 Å². The predicted octanol–water partition coefficient (Wildman–Crippen LogP) is 2.66. The highest BCUT2D eigenvalue weighted by Crippen LogP contribution is 2.17. The van der Waals surface area contributed by atoms with Crippen LogP contribution in [-0.2, 0) is 4.79 Å². The fourth-order valence-corrected chi connectivity index (χ4v) is 1.69. The zero-order valence-corrected chi connectivity index (χ0v) is 13.5. The Morgan fingerprint density at radius 2 is 2.00 bits per heavy atom. The molecule has 0 atom stereocenters. The molecule has 0 unspecified atom stereocenters. The zero-order chi connectivity index (χ0) is 15.5. The van der Waals surface area contributed by atoms with Gasteiger partial charge in [0.1, 0.15) is 5.82 Å². The molecule has 7 heteroatoms. The highest BCUT2D eigenvalue weighted by Gasteiger charge is 2.05. The third-order valence-corrected chi connectivity index (χ3v) is 2.75. The number of benzene rings is 1. The van der Waals surface area contributed by atoms with Crippen LogP contribution in [0.5, 0.6) is 5.75 Å². The van der Waals surface area contributed by atoms with Crippen molar-refractivity contribution in [3.63, 3.8) is 0 Å². The van der Waals surface area contributed by atoms with Crippen molar-refractivity contribution >= 4 is 18.3 Å². The van der Waals surface area contributed by atoms with Gasteiger partial charge in [-0.15, -0.1) is 12.4 Å². The average molecular weight is 337 g/mol. The third kappa shape index (κ3) is 8.79. The first-order valence-corrected chi connectivity index (χ1v) is 7.18. The maximum atomic E-state index is 13.3. The number of halogens is 3. The van der Waals surface area contributed by atoms with Crippen molar-refractivity contribution in [3.05, 3.63) is 29.8 Å². The molecule has 0 aromatic heterocycles. The lowest BCUT2D eigenvalue weighted by Gasteiger charge is -2.08. The Kier molecular flexibility index (Phi) is 11.4. The molecule has 1 rings (SSSR count). The summed E-state index contributed by atoms with van der Waals surface area (Å²) in [4.78, 5) is 11.5. The number of carbonyl (C=O) groups excluding carboxylic acids is 1. The fraction of sp³-hybridized carbons (Fsp3) is 0.533. The van der Waals surface area contributed by atoms with Crippen LogP contribution >= 0.6 is 12.4 Å². The summed E-state index contributed by atoms with van der Waals surface area (Å²) in [5.74, 6) is -1.44. The van der Waals surface area contributed by atoms with Gasteiger partial charge in [0.25, 0.3) is 0 Å². The van der Waals surface area contributed by atoms with E-state index in [1.54, 1.807) is 0 Å². The topological polar surface area (TPSA) is 50.4 Å². The maximum Gasteiger partial charge on any atom is 0.220 e. The number of hydrogen-bond acceptors (Lipinski definition) is 3. The van der Waals surface area contributed by atoms with E-state index in [2.05, 4.69) is 17.6 Å². The summed E-state index contributed by atoms with van der Waals surface area (Å²) in [5.41, 5.74) is 0. The molecule has 126 valence electrons. The minimum Gasteiger partial charge on any atom is -0.491 e. The Morgan fingerprint density at radius 3 is 2.68 bits per heavy atom. The largest absolute Gasteiger partial charge is 0.491 e. The number of hydrogen-bond donors (Lipinski definition) is 2. The first-order chi connectivity index (χ1) is 10.1. The molecule has 1 aromatic rings. The lowest BCUT2D eigenvalue weighted by Crippen LogP contribution is -2.32. The molecule has 4 nitrogen and oxygen atoms in total. The average Bonchev–Trinajstić information content (AvgIpc) is 2.45. The second-order valence-corrected chi connectivity index (χ2v) is 4.63. The van der Waals surface area contributed by atoms with Crippen LogP contribution in [0.3, 0.4) is 0 Å². The Bertz CT molecular complexity index is 448. The van der Waals surface area contributed by atoms with Gasteiger partial charge in [0, 0.05) is 25.6 Å². The summed E-state index contributed by atoms with van der Waals surface area (Å²) in [5, 5.41) is 5.96. The highest BCUT2D eigenvalue weighted by atomic mass is 35.5. The van der Waals surface area contributed by atoms with Crippen molar-refractivity contribution in [2.45, 2.75) is 26.2 Å². The molecular formula is C15H23ClF2N2O2. The molecule has 0 radical (unpaired) electrons. The van der Waals surface area contributed by atoms with Gasteiger partial charge in [-0.25, -0.2) is 8.78 Å². The molecule has 2 N–H and O–H groups in total. The van der Waals surface area contributed by atoms with E-state index < -0.39 is 11.6 Å². The molecule has 0 fully saturated rings. The molecule has 0 saturated carbocycles. The molecule has 1 aromatic carbocycles. The number of rotatable bonds is 10. The van der Waals surface area contributed by atoms with E-state index in [0.717, 1.165) is 31.6 Å². The second kappa shape index (κ2) is 12.2. The van der Waals surface area contributed by atoms with Crippen molar-refractivity contribution in [1.29, 1.82) is 0 Å². The number of ether oxygens (including phenoxy) is 1. The summed E-state index contributed by atoms with van der Waals surface area (Å²) >= 11 is 0. The van der Waals surface area contributed by atoms with E-state index in [1.165, 1.54) is 6.07 Å². The van der Waals surface area contributed by atoms with E-state index in [9.17, 15) is 13.6 Å². The van der Waals surface area contributed by atoms with Gasteiger partial charge in [-0.1, -0.05) is 6.92 Å². The monoisotopic (exact) mass is 336 g/mol. The summed E-state index contributed by atoms with van der Waals surface area (Å²) in [6, 6.07) is 3.14. The lowest BCUT2D eigenvalue weighted by molar-refractivity contribution is -0.121. The number of nitrogens with one attached hydrogen (secondary N) is 2. The Hall–Kier alpha value is -1.40. The summed E-state index contributed by atoms with van der Waals surface area (Å²) in [6.07, 6.45) is 1.85. The molecule has 0 bridgehead atoms. The summed E-state index contributed by atoms with van der Waals surface area (Å²) < 4.78 is 31.1. The minimum atomic E-state index is -0.735. The van der Waals surface area contributed by atoms with Gasteiger partial charge in [-0.3, -0.25) is 4.79 Å². The quantitative estimate of drug-likeness (QED) is 0.646. The van der Waals surface area contributed by atoms with Crippen LogP contribution in [-0.4, -0.2) is 32.1 Å². The van der Waals surface area contributed by atoms with E-state index in [0.29, 0.717) is 19.4 Å². The van der Waals surface area contributed by atoms with Crippen LogP contribution in [0.2, 0.25) is 0 Å². The van der Waals surface area contributed by atoms with Crippen LogP contribution < -0.4 is 15.4 Å². The first kappa shape index (κ1) is 20.6. The van der Waals surface area contributed by atoms with Crippen molar-refractivity contribution in [2.75, 3.05) is 26.2 Å². The maximum absolute atomic E-state index is 13.3. The smallest absolute Gasteiger partial charge is 0.220 e. The second-order valence-electron chi connectivity index (χ2n) is 4.63. The number of amides is 1. The predicted molar refractivity (Wildman–Crippen MR) is 84.5 cm³/mol. The summed E-state index contributed by atoms with van der Waals surface area (Å²) in [6.45, 7) is 4.57. The zero-order valence-electron chi connectivity index (χ0n) is 12.7. The van der Waals surface area contributed by atoms with Crippen molar-refractivity contribution in [1.82, 2.24) is 10.6 Å².